The van der Waals surface area contributed by atoms with Gasteiger partial charge in [-0.2, -0.15) is 0 Å². The van der Waals surface area contributed by atoms with E-state index < -0.39 is 5.60 Å². The summed E-state index contributed by atoms with van der Waals surface area (Å²) in [5.74, 6) is 1.78. The van der Waals surface area contributed by atoms with Crippen molar-refractivity contribution in [3.05, 3.63) is 0 Å². The van der Waals surface area contributed by atoms with Gasteiger partial charge in [0.1, 0.15) is 5.60 Å². The van der Waals surface area contributed by atoms with Crippen molar-refractivity contribution in [3.8, 4) is 5.97 Å². The lowest BCUT2D eigenvalue weighted by atomic mass is 9.44. The summed E-state index contributed by atoms with van der Waals surface area (Å²) in [5, 5.41) is 8.83. The van der Waals surface area contributed by atoms with E-state index in [4.69, 9.17) is 10.00 Å². The molecule has 1 aliphatic rings. The summed E-state index contributed by atoms with van der Waals surface area (Å²) in [6, 6.07) is 0. The first-order valence-corrected chi connectivity index (χ1v) is 5.06. The molecule has 0 aliphatic carbocycles. The van der Waals surface area contributed by atoms with Gasteiger partial charge in [-0.15, -0.1) is 0 Å². The first-order valence-electron chi connectivity index (χ1n) is 5.06. The van der Waals surface area contributed by atoms with Crippen molar-refractivity contribution < 1.29 is 9.53 Å². The zero-order chi connectivity index (χ0) is 10.8. The fourth-order valence-corrected chi connectivity index (χ4v) is 1.77. The van der Waals surface area contributed by atoms with Crippen LogP contribution >= 0.6 is 0 Å². The van der Waals surface area contributed by atoms with Gasteiger partial charge in [0.25, 0.3) is 6.71 Å². The molecule has 0 aromatic carbocycles. The van der Waals surface area contributed by atoms with Crippen molar-refractivity contribution in [1.82, 2.24) is 0 Å². The van der Waals surface area contributed by atoms with Gasteiger partial charge in [-0.3, -0.25) is 4.79 Å². The van der Waals surface area contributed by atoms with Gasteiger partial charge in [-0.25, -0.2) is 5.26 Å². The Kier molecular flexibility index (Phi) is 3.20. The average molecular weight is 193 g/mol. The Bertz CT molecular complexity index is 264. The van der Waals surface area contributed by atoms with Crippen molar-refractivity contribution in [3.63, 3.8) is 0 Å². The molecule has 0 saturated carbocycles. The molecule has 0 radical (unpaired) electrons. The maximum absolute atomic E-state index is 11.7. The van der Waals surface area contributed by atoms with Gasteiger partial charge >= 0.3 is 5.97 Å². The van der Waals surface area contributed by atoms with E-state index >= 15 is 0 Å². The first-order chi connectivity index (χ1) is 6.44. The second kappa shape index (κ2) is 4.04. The van der Waals surface area contributed by atoms with Crippen molar-refractivity contribution in [1.29, 1.82) is 5.26 Å². The maximum Gasteiger partial charge on any atom is 0.303 e. The van der Waals surface area contributed by atoms with Crippen LogP contribution in [0.4, 0.5) is 0 Å². The minimum Gasteiger partial charge on any atom is -0.460 e. The fraction of sp³-hybridized carbons (Fsp3) is 0.800. The van der Waals surface area contributed by atoms with Crippen molar-refractivity contribution >= 4 is 12.7 Å². The van der Waals surface area contributed by atoms with Gasteiger partial charge in [0.05, 0.1) is 5.82 Å². The van der Waals surface area contributed by atoms with E-state index in [2.05, 4.69) is 5.97 Å². The Balaban J connectivity index is 2.57. The van der Waals surface area contributed by atoms with Crippen molar-refractivity contribution in [2.45, 2.75) is 51.4 Å². The zero-order valence-corrected chi connectivity index (χ0v) is 9.04. The lowest BCUT2D eigenvalue weighted by Crippen LogP contribution is -2.30. The minimum atomic E-state index is -0.445. The quantitative estimate of drug-likeness (QED) is 0.473. The van der Waals surface area contributed by atoms with Crippen LogP contribution in [0.15, 0.2) is 0 Å². The predicted molar refractivity (Wildman–Crippen MR) is 55.0 cm³/mol. The second-order valence-electron chi connectivity index (χ2n) is 4.81. The molecule has 1 heterocycles. The monoisotopic (exact) mass is 193 g/mol. The van der Waals surface area contributed by atoms with E-state index in [1.54, 1.807) is 0 Å². The van der Waals surface area contributed by atoms with Gasteiger partial charge in [-0.05, 0) is 27.2 Å². The highest BCUT2D eigenvalue weighted by molar-refractivity contribution is 6.72. The van der Waals surface area contributed by atoms with E-state index in [-0.39, 0.29) is 18.5 Å². The fourth-order valence-electron chi connectivity index (χ4n) is 1.77. The molecule has 0 spiro atoms. The molecule has 0 N–H and O–H groups in total. The Hall–Kier alpha value is -0.975. The molecule has 0 amide bonds. The van der Waals surface area contributed by atoms with Crippen molar-refractivity contribution in [2.24, 2.45) is 0 Å². The van der Waals surface area contributed by atoms with Crippen LogP contribution in [-0.4, -0.2) is 18.3 Å². The van der Waals surface area contributed by atoms with Crippen LogP contribution in [0.2, 0.25) is 12.1 Å². The molecule has 1 rings (SSSR count). The molecular formula is C10H16BNO2. The van der Waals surface area contributed by atoms with E-state index in [1.807, 2.05) is 20.8 Å². The summed E-state index contributed by atoms with van der Waals surface area (Å²) < 4.78 is 5.26. The van der Waals surface area contributed by atoms with Gasteiger partial charge in [0.15, 0.2) is 0 Å². The van der Waals surface area contributed by atoms with E-state index in [9.17, 15) is 4.79 Å². The number of nitriles is 1. The third-order valence-electron chi connectivity index (χ3n) is 2.39. The van der Waals surface area contributed by atoms with Crippen LogP contribution in [0, 0.1) is 11.2 Å². The lowest BCUT2D eigenvalue weighted by molar-refractivity contribution is -0.154. The number of carbonyl (C=O) groups is 1. The van der Waals surface area contributed by atoms with Crippen molar-refractivity contribution in [2.75, 3.05) is 0 Å². The van der Waals surface area contributed by atoms with Crippen LogP contribution in [-0.2, 0) is 9.53 Å². The number of hydrogen-bond acceptors (Lipinski definition) is 3. The smallest absolute Gasteiger partial charge is 0.303 e. The first kappa shape index (κ1) is 11.1. The summed E-state index contributed by atoms with van der Waals surface area (Å²) in [6.45, 7) is 5.41. The highest BCUT2D eigenvalue weighted by Gasteiger charge is 2.39. The summed E-state index contributed by atoms with van der Waals surface area (Å²) >= 11 is 0. The lowest BCUT2D eigenvalue weighted by Gasteiger charge is -2.22. The molecule has 1 saturated heterocycles. The molecule has 1 unspecified atom stereocenters. The molecular weight excluding hydrogens is 177 g/mol. The van der Waals surface area contributed by atoms with Gasteiger partial charge in [0.2, 0.25) is 0 Å². The largest absolute Gasteiger partial charge is 0.460 e. The summed E-state index contributed by atoms with van der Waals surface area (Å²) in [5.41, 5.74) is -0.445. The topological polar surface area (TPSA) is 50.1 Å². The molecule has 1 aliphatic heterocycles. The van der Waals surface area contributed by atoms with Crippen LogP contribution in [0.3, 0.4) is 0 Å². The zero-order valence-electron chi connectivity index (χ0n) is 9.04. The normalized spacial score (nSPS) is 21.9. The average Bonchev–Trinajstić information content (AvgIpc) is 2.47. The molecule has 14 heavy (non-hydrogen) atoms. The van der Waals surface area contributed by atoms with Gasteiger partial charge in [0, 0.05) is 5.97 Å². The SMILES string of the molecule is CC(C)(C)OC(=O)C1CCCB1C#N. The molecule has 3 nitrogen and oxygen atoms in total. The summed E-state index contributed by atoms with van der Waals surface area (Å²) in [4.78, 5) is 11.7. The molecule has 0 aromatic heterocycles. The third-order valence-corrected chi connectivity index (χ3v) is 2.39. The summed E-state index contributed by atoms with van der Waals surface area (Å²) in [6.07, 6.45) is 2.59. The molecule has 76 valence electrons. The Morgan fingerprint density at radius 3 is 2.71 bits per heavy atom. The molecule has 4 heteroatoms. The van der Waals surface area contributed by atoms with Gasteiger partial charge < -0.3 is 4.74 Å². The number of rotatable bonds is 1. The molecule has 1 fully saturated rings. The van der Waals surface area contributed by atoms with Crippen LogP contribution in [0.5, 0.6) is 0 Å². The summed E-state index contributed by atoms with van der Waals surface area (Å²) in [7, 11) is 0. The predicted octanol–water partition coefficient (Wildman–Crippen LogP) is 2.05. The highest BCUT2D eigenvalue weighted by atomic mass is 16.6. The Morgan fingerprint density at radius 2 is 2.21 bits per heavy atom. The van der Waals surface area contributed by atoms with E-state index in [0.29, 0.717) is 0 Å². The number of carbonyl (C=O) groups excluding carboxylic acids is 1. The molecule has 0 aromatic rings. The molecule has 1 atom stereocenters. The molecule has 0 bridgehead atoms. The number of nitrogens with zero attached hydrogens (tertiary/aromatic N) is 1. The highest BCUT2D eigenvalue weighted by Crippen LogP contribution is 2.32. The minimum absolute atomic E-state index is 0.134. The Morgan fingerprint density at radius 1 is 1.57 bits per heavy atom. The number of hydrogen-bond donors (Lipinski definition) is 0. The maximum atomic E-state index is 11.7. The van der Waals surface area contributed by atoms with Crippen LogP contribution in [0.25, 0.3) is 0 Å². The van der Waals surface area contributed by atoms with E-state index in [0.717, 1.165) is 19.2 Å². The third kappa shape index (κ3) is 2.76. The Labute approximate surface area is 85.5 Å². The number of ether oxygens (including phenoxy) is 1. The number of esters is 1. The van der Waals surface area contributed by atoms with E-state index in [1.165, 1.54) is 0 Å². The van der Waals surface area contributed by atoms with Crippen LogP contribution in [0.1, 0.15) is 33.6 Å². The van der Waals surface area contributed by atoms with Crippen LogP contribution < -0.4 is 0 Å². The van der Waals surface area contributed by atoms with Gasteiger partial charge in [-0.1, -0.05) is 12.7 Å². The standard InChI is InChI=1S/C10H16BNO2/c1-10(2,3)14-9(13)8-5-4-6-11(8)7-12/h8H,4-6H2,1-3H3. The second-order valence-corrected chi connectivity index (χ2v) is 4.81.